The Morgan fingerprint density at radius 1 is 1.14 bits per heavy atom. The van der Waals surface area contributed by atoms with E-state index in [1.165, 1.54) is 29.7 Å². The number of carbonyl (C=O) groups excluding carboxylic acids is 2. The maximum atomic E-state index is 13.2. The van der Waals surface area contributed by atoms with Gasteiger partial charge in [-0.15, -0.1) is 11.3 Å². The van der Waals surface area contributed by atoms with E-state index in [1.807, 2.05) is 20.8 Å². The Kier molecular flexibility index (Phi) is 7.86. The van der Waals surface area contributed by atoms with Gasteiger partial charge in [0.05, 0.1) is 10.9 Å². The first-order valence-electron chi connectivity index (χ1n) is 12.1. The number of alkyl carbamates (subject to hydrolysis) is 1. The maximum absolute atomic E-state index is 13.2. The molecule has 1 atom stereocenters. The molecular weight excluding hydrogens is 502 g/mol. The molecule has 2 amide bonds. The van der Waals surface area contributed by atoms with Gasteiger partial charge in [0.2, 0.25) is 5.91 Å². The molecule has 2 N–H and O–H groups in total. The van der Waals surface area contributed by atoms with Crippen molar-refractivity contribution in [3.05, 3.63) is 35.8 Å². The number of nitrogens with one attached hydrogen (secondary N) is 2. The Morgan fingerprint density at radius 2 is 1.83 bits per heavy atom. The van der Waals surface area contributed by atoms with E-state index >= 15 is 0 Å². The van der Waals surface area contributed by atoms with Crippen LogP contribution in [0.25, 0.3) is 0 Å². The fraction of sp³-hybridized carbons (Fsp3) is 0.542. The minimum Gasteiger partial charge on any atom is -0.444 e. The highest BCUT2D eigenvalue weighted by Crippen LogP contribution is 2.29. The van der Waals surface area contributed by atoms with E-state index < -0.39 is 21.7 Å². The van der Waals surface area contributed by atoms with Gasteiger partial charge in [-0.3, -0.25) is 14.4 Å². The highest BCUT2D eigenvalue weighted by molar-refractivity contribution is 7.93. The summed E-state index contributed by atoms with van der Waals surface area (Å²) in [5.41, 5.74) is 0.169. The van der Waals surface area contributed by atoms with Gasteiger partial charge in [0.15, 0.2) is 5.13 Å². The minimum absolute atomic E-state index is 0.0387. The van der Waals surface area contributed by atoms with Crippen LogP contribution in [0.5, 0.6) is 0 Å². The Labute approximate surface area is 216 Å². The van der Waals surface area contributed by atoms with Crippen molar-refractivity contribution in [2.75, 3.05) is 35.8 Å². The van der Waals surface area contributed by atoms with Crippen LogP contribution in [0.1, 0.15) is 40.0 Å². The van der Waals surface area contributed by atoms with Crippen LogP contribution in [0.3, 0.4) is 0 Å². The zero-order valence-electron chi connectivity index (χ0n) is 20.8. The van der Waals surface area contributed by atoms with Crippen LogP contribution < -0.4 is 14.9 Å². The van der Waals surface area contributed by atoms with E-state index in [2.05, 4.69) is 19.9 Å². The summed E-state index contributed by atoms with van der Waals surface area (Å²) in [7, 11) is -3.74. The predicted octanol–water partition coefficient (Wildman–Crippen LogP) is 3.29. The quantitative estimate of drug-likeness (QED) is 0.558. The molecule has 0 unspecified atom stereocenters. The van der Waals surface area contributed by atoms with Crippen molar-refractivity contribution in [3.63, 3.8) is 0 Å². The second-order valence-corrected chi connectivity index (χ2v) is 12.7. The van der Waals surface area contributed by atoms with Gasteiger partial charge < -0.3 is 15.0 Å². The third kappa shape index (κ3) is 6.54. The van der Waals surface area contributed by atoms with Gasteiger partial charge in [-0.1, -0.05) is 0 Å². The maximum Gasteiger partial charge on any atom is 0.407 e. The highest BCUT2D eigenvalue weighted by Gasteiger charge is 2.38. The van der Waals surface area contributed by atoms with Crippen molar-refractivity contribution in [1.82, 2.24) is 15.2 Å². The highest BCUT2D eigenvalue weighted by atomic mass is 32.2. The lowest BCUT2D eigenvalue weighted by molar-refractivity contribution is -0.122. The van der Waals surface area contributed by atoms with Crippen LogP contribution in [-0.2, 0) is 19.6 Å². The number of likely N-dealkylation sites (tertiary alicyclic amines) is 1. The number of sulfonamides is 1. The molecule has 2 saturated heterocycles. The van der Waals surface area contributed by atoms with Crippen LogP contribution in [0.2, 0.25) is 0 Å². The summed E-state index contributed by atoms with van der Waals surface area (Å²) in [6.45, 7) is 8.27. The van der Waals surface area contributed by atoms with Gasteiger partial charge in [0, 0.05) is 30.4 Å². The molecule has 0 bridgehead atoms. The van der Waals surface area contributed by atoms with Crippen LogP contribution in [0, 0.1) is 5.92 Å². The van der Waals surface area contributed by atoms with E-state index in [0.29, 0.717) is 29.8 Å². The number of carbonyl (C=O) groups is 2. The standard InChI is InChI=1S/C24H33N5O5S2/c1-24(2,3)34-23(31)26-16-17-8-12-28(13-9-17)20-10-14-29(21(20)30)18-4-6-19(7-5-18)36(32,33)27-22-25-11-15-35-22/h4-7,11,15,17,20H,8-10,12-14,16H2,1-3H3,(H,25,27)(H,26,31)/t20-/m0/s1. The van der Waals surface area contributed by atoms with Crippen LogP contribution >= 0.6 is 11.3 Å². The predicted molar refractivity (Wildman–Crippen MR) is 139 cm³/mol. The average Bonchev–Trinajstić information content (AvgIpc) is 3.46. The van der Waals surface area contributed by atoms with Gasteiger partial charge in [0.1, 0.15) is 5.60 Å². The first-order chi connectivity index (χ1) is 17.0. The number of rotatable bonds is 7. The molecule has 12 heteroatoms. The lowest BCUT2D eigenvalue weighted by Crippen LogP contribution is -2.47. The molecule has 3 heterocycles. The van der Waals surface area contributed by atoms with E-state index in [-0.39, 0.29) is 16.8 Å². The first kappa shape index (κ1) is 26.4. The lowest BCUT2D eigenvalue weighted by atomic mass is 9.95. The molecule has 0 radical (unpaired) electrons. The number of anilines is 2. The van der Waals surface area contributed by atoms with E-state index in [1.54, 1.807) is 22.4 Å². The van der Waals surface area contributed by atoms with Crippen molar-refractivity contribution in [1.29, 1.82) is 0 Å². The number of thiazole rings is 1. The summed E-state index contributed by atoms with van der Waals surface area (Å²) in [5, 5.41) is 4.85. The molecule has 0 saturated carbocycles. The molecule has 1 aromatic carbocycles. The third-order valence-electron chi connectivity index (χ3n) is 6.31. The Hall–Kier alpha value is -2.70. The van der Waals surface area contributed by atoms with Crippen molar-refractivity contribution < 1.29 is 22.7 Å². The number of nitrogens with zero attached hydrogens (tertiary/aromatic N) is 3. The molecule has 1 aromatic heterocycles. The smallest absolute Gasteiger partial charge is 0.407 e. The molecule has 2 fully saturated rings. The molecule has 2 aliphatic rings. The van der Waals surface area contributed by atoms with Gasteiger partial charge in [-0.25, -0.2) is 18.2 Å². The third-order valence-corrected chi connectivity index (χ3v) is 8.49. The van der Waals surface area contributed by atoms with Crippen molar-refractivity contribution >= 4 is 44.2 Å². The lowest BCUT2D eigenvalue weighted by Gasteiger charge is -2.35. The first-order valence-corrected chi connectivity index (χ1v) is 14.4. The zero-order chi connectivity index (χ0) is 25.9. The van der Waals surface area contributed by atoms with E-state index in [4.69, 9.17) is 4.74 Å². The molecule has 196 valence electrons. The summed E-state index contributed by atoms with van der Waals surface area (Å²) in [4.78, 5) is 33.1. The Morgan fingerprint density at radius 3 is 2.44 bits per heavy atom. The monoisotopic (exact) mass is 535 g/mol. The fourth-order valence-electron chi connectivity index (χ4n) is 4.52. The van der Waals surface area contributed by atoms with Crippen molar-refractivity contribution in [2.24, 2.45) is 5.92 Å². The van der Waals surface area contributed by atoms with Crippen LogP contribution in [0.4, 0.5) is 15.6 Å². The molecule has 2 aliphatic heterocycles. The molecule has 0 spiro atoms. The van der Waals surface area contributed by atoms with E-state index in [9.17, 15) is 18.0 Å². The second kappa shape index (κ2) is 10.7. The number of aromatic nitrogens is 1. The number of benzene rings is 1. The largest absolute Gasteiger partial charge is 0.444 e. The van der Waals surface area contributed by atoms with Crippen LogP contribution in [-0.4, -0.2) is 68.1 Å². The molecule has 10 nitrogen and oxygen atoms in total. The minimum atomic E-state index is -3.74. The average molecular weight is 536 g/mol. The molecule has 2 aromatic rings. The van der Waals surface area contributed by atoms with Gasteiger partial charge in [-0.05, 0) is 83.3 Å². The van der Waals surface area contributed by atoms with E-state index in [0.717, 1.165) is 32.4 Å². The fourth-order valence-corrected chi connectivity index (χ4v) is 6.31. The number of ether oxygens (including phenoxy) is 1. The second-order valence-electron chi connectivity index (χ2n) is 10.1. The molecule has 36 heavy (non-hydrogen) atoms. The number of piperidine rings is 1. The number of hydrogen-bond donors (Lipinski definition) is 2. The molecular formula is C24H33N5O5S2. The summed E-state index contributed by atoms with van der Waals surface area (Å²) in [6.07, 6.45) is 3.66. The summed E-state index contributed by atoms with van der Waals surface area (Å²) in [5.74, 6) is 0.394. The Bertz CT molecular complexity index is 1150. The number of amides is 2. The molecule has 4 rings (SSSR count). The Balaban J connectivity index is 1.28. The van der Waals surface area contributed by atoms with Crippen LogP contribution in [0.15, 0.2) is 40.7 Å². The van der Waals surface area contributed by atoms with Gasteiger partial charge >= 0.3 is 6.09 Å². The van der Waals surface area contributed by atoms with Gasteiger partial charge in [-0.2, -0.15) is 0 Å². The number of hydrogen-bond acceptors (Lipinski definition) is 8. The summed E-state index contributed by atoms with van der Waals surface area (Å²) < 4.78 is 32.9. The summed E-state index contributed by atoms with van der Waals surface area (Å²) in [6, 6.07) is 6.18. The SMILES string of the molecule is CC(C)(C)OC(=O)NCC1CCN([C@H]2CCN(c3ccc(S(=O)(=O)Nc4nccs4)cc3)C2=O)CC1. The topological polar surface area (TPSA) is 121 Å². The van der Waals surface area contributed by atoms with Crippen molar-refractivity contribution in [2.45, 2.75) is 56.6 Å². The normalized spacial score (nSPS) is 19.9. The van der Waals surface area contributed by atoms with Crippen molar-refractivity contribution in [3.8, 4) is 0 Å². The molecule has 0 aliphatic carbocycles. The van der Waals surface area contributed by atoms with Gasteiger partial charge in [0.25, 0.3) is 10.0 Å². The zero-order valence-corrected chi connectivity index (χ0v) is 22.4. The summed E-state index contributed by atoms with van der Waals surface area (Å²) >= 11 is 1.20.